The van der Waals surface area contributed by atoms with Gasteiger partial charge in [-0.15, -0.1) is 0 Å². The van der Waals surface area contributed by atoms with Crippen molar-refractivity contribution in [3.63, 3.8) is 0 Å². The van der Waals surface area contributed by atoms with Gasteiger partial charge in [0.05, 0.1) is 6.61 Å². The molecule has 1 rings (SSSR count). The Labute approximate surface area is 115 Å². The van der Waals surface area contributed by atoms with E-state index in [1.807, 2.05) is 0 Å². The monoisotopic (exact) mass is 287 g/mol. The number of carbonyl (C=O) groups is 2. The van der Waals surface area contributed by atoms with E-state index in [-0.39, 0.29) is 5.71 Å². The summed E-state index contributed by atoms with van der Waals surface area (Å²) < 4.78 is 5.36. The highest BCUT2D eigenvalue weighted by atomic mass is 16.6. The number of nitrogens with zero attached hydrogens (tertiary/aromatic N) is 2. The van der Waals surface area contributed by atoms with E-state index < -0.39 is 31.1 Å². The van der Waals surface area contributed by atoms with Gasteiger partial charge in [0.15, 0.2) is 6.23 Å². The summed E-state index contributed by atoms with van der Waals surface area (Å²) in [5.74, 6) is 0. The van der Waals surface area contributed by atoms with Gasteiger partial charge in [0.1, 0.15) is 31.3 Å². The highest BCUT2D eigenvalue weighted by molar-refractivity contribution is 5.95. The highest BCUT2D eigenvalue weighted by Crippen LogP contribution is 2.22. The molecule has 0 radical (unpaired) electrons. The van der Waals surface area contributed by atoms with Crippen molar-refractivity contribution in [1.29, 1.82) is 0 Å². The van der Waals surface area contributed by atoms with Crippen molar-refractivity contribution >= 4 is 18.0 Å². The molecule has 0 saturated carbocycles. The van der Waals surface area contributed by atoms with E-state index in [2.05, 4.69) is 15.3 Å². The average Bonchev–Trinajstić information content (AvgIpc) is 2.77. The molecule has 0 spiro atoms. The Kier molecular flexibility index (Phi) is 6.10. The van der Waals surface area contributed by atoms with Crippen molar-refractivity contribution in [1.82, 2.24) is 10.2 Å². The minimum atomic E-state index is -1.29. The lowest BCUT2D eigenvalue weighted by atomic mass is 10.1. The molecule has 3 atom stereocenters. The van der Waals surface area contributed by atoms with Gasteiger partial charge in [-0.3, -0.25) is 9.69 Å². The van der Waals surface area contributed by atoms with Gasteiger partial charge in [0.2, 0.25) is 0 Å². The van der Waals surface area contributed by atoms with Crippen molar-refractivity contribution in [2.24, 2.45) is 5.16 Å². The Hall–Kier alpha value is -1.97. The number of carbonyl (C=O) groups excluding carboxylic acids is 2. The summed E-state index contributed by atoms with van der Waals surface area (Å²) in [6.45, 7) is -0.436. The molecule has 1 aliphatic heterocycles. The summed E-state index contributed by atoms with van der Waals surface area (Å²) in [6.07, 6.45) is -0.607. The van der Waals surface area contributed by atoms with Crippen LogP contribution in [-0.4, -0.2) is 72.3 Å². The second kappa shape index (κ2) is 7.58. The molecule has 1 aliphatic rings. The quantitative estimate of drug-likeness (QED) is 0.319. The third-order valence-corrected chi connectivity index (χ3v) is 2.62. The van der Waals surface area contributed by atoms with E-state index in [4.69, 9.17) is 4.74 Å². The molecule has 20 heavy (non-hydrogen) atoms. The van der Waals surface area contributed by atoms with E-state index in [1.54, 1.807) is 0 Å². The van der Waals surface area contributed by atoms with Gasteiger partial charge < -0.3 is 25.1 Å². The minimum absolute atomic E-state index is 0.0633. The van der Waals surface area contributed by atoms with E-state index in [9.17, 15) is 19.8 Å². The first kappa shape index (κ1) is 16.1. The number of urea groups is 1. The third kappa shape index (κ3) is 3.32. The van der Waals surface area contributed by atoms with Crippen molar-refractivity contribution in [3.8, 4) is 0 Å². The highest BCUT2D eigenvalue weighted by Gasteiger charge is 2.44. The topological polar surface area (TPSA) is 121 Å². The number of allylic oxidation sites excluding steroid dienone is 1. The van der Waals surface area contributed by atoms with Gasteiger partial charge in [0.25, 0.3) is 0 Å². The predicted molar refractivity (Wildman–Crippen MR) is 67.7 cm³/mol. The zero-order valence-corrected chi connectivity index (χ0v) is 11.1. The molecule has 0 aromatic carbocycles. The number of nitrogens with one attached hydrogen (secondary N) is 1. The van der Waals surface area contributed by atoms with E-state index >= 15 is 0 Å². The number of aldehydes is 1. The van der Waals surface area contributed by atoms with Crippen LogP contribution in [-0.2, 0) is 14.4 Å². The average molecular weight is 287 g/mol. The lowest BCUT2D eigenvalue weighted by molar-refractivity contribution is -0.104. The molecule has 0 aliphatic carbocycles. The maximum atomic E-state index is 11.7. The van der Waals surface area contributed by atoms with Crippen molar-refractivity contribution in [2.45, 2.75) is 18.4 Å². The van der Waals surface area contributed by atoms with Crippen LogP contribution in [0.1, 0.15) is 0 Å². The summed E-state index contributed by atoms with van der Waals surface area (Å²) in [4.78, 5) is 27.7. The fourth-order valence-corrected chi connectivity index (χ4v) is 1.75. The maximum Gasteiger partial charge on any atom is 0.323 e. The minimum Gasteiger partial charge on any atom is -0.399 e. The SMILES string of the molecule is CNC(=O)N(/C=C\C=O)[C@@H]1O[C@H](CO)/C(=N/OC)[C@H]1O. The van der Waals surface area contributed by atoms with Crippen LogP contribution in [0.15, 0.2) is 17.4 Å². The largest absolute Gasteiger partial charge is 0.399 e. The molecule has 2 amide bonds. The molecule has 3 N–H and O–H groups in total. The van der Waals surface area contributed by atoms with Gasteiger partial charge in [-0.25, -0.2) is 4.79 Å². The molecule has 9 nitrogen and oxygen atoms in total. The van der Waals surface area contributed by atoms with Gasteiger partial charge in [-0.2, -0.15) is 0 Å². The fraction of sp³-hybridized carbons (Fsp3) is 0.545. The standard InChI is InChI=1S/C11H17N3O6/c1-12-11(18)14(4-3-5-15)10-9(17)8(13-19-2)7(6-16)20-10/h3-5,7,9-10,16-17H,6H2,1-2H3,(H,12,18)/b4-3-,13-8-/t7-,9-,10-/m1/s1. The Morgan fingerprint density at radius 3 is 2.85 bits per heavy atom. The Morgan fingerprint density at radius 2 is 2.35 bits per heavy atom. The number of oxime groups is 1. The van der Waals surface area contributed by atoms with Crippen LogP contribution in [0.3, 0.4) is 0 Å². The second-order valence-electron chi connectivity index (χ2n) is 3.78. The van der Waals surface area contributed by atoms with Crippen LogP contribution >= 0.6 is 0 Å². The first-order valence-corrected chi connectivity index (χ1v) is 5.78. The van der Waals surface area contributed by atoms with Crippen LogP contribution in [0, 0.1) is 0 Å². The van der Waals surface area contributed by atoms with Gasteiger partial charge in [-0.1, -0.05) is 5.16 Å². The van der Waals surface area contributed by atoms with Crippen molar-refractivity contribution in [3.05, 3.63) is 12.3 Å². The Morgan fingerprint density at radius 1 is 1.65 bits per heavy atom. The number of amides is 2. The van der Waals surface area contributed by atoms with Gasteiger partial charge in [0, 0.05) is 13.2 Å². The summed E-state index contributed by atoms with van der Waals surface area (Å²) in [5, 5.41) is 25.2. The molecule has 112 valence electrons. The van der Waals surface area contributed by atoms with Crippen molar-refractivity contribution < 1.29 is 29.4 Å². The van der Waals surface area contributed by atoms with E-state index in [0.717, 1.165) is 17.2 Å². The molecule has 9 heteroatoms. The summed E-state index contributed by atoms with van der Waals surface area (Å²) in [6, 6.07) is -0.595. The molecule has 0 aromatic heterocycles. The number of aliphatic hydroxyl groups excluding tert-OH is 2. The molecule has 1 saturated heterocycles. The summed E-state index contributed by atoms with van der Waals surface area (Å²) in [7, 11) is 2.67. The third-order valence-electron chi connectivity index (χ3n) is 2.62. The van der Waals surface area contributed by atoms with Gasteiger partial charge in [-0.05, 0) is 6.08 Å². The molecule has 0 unspecified atom stereocenters. The zero-order chi connectivity index (χ0) is 15.1. The normalized spacial score (nSPS) is 27.8. The maximum absolute atomic E-state index is 11.7. The van der Waals surface area contributed by atoms with Crippen LogP contribution in [0.5, 0.6) is 0 Å². The van der Waals surface area contributed by atoms with Crippen molar-refractivity contribution in [2.75, 3.05) is 20.8 Å². The number of hydrogen-bond donors (Lipinski definition) is 3. The molecule has 1 fully saturated rings. The molecule has 0 bridgehead atoms. The Balaban J connectivity index is 3.03. The zero-order valence-electron chi connectivity index (χ0n) is 11.1. The first-order chi connectivity index (χ1) is 9.60. The number of aliphatic hydroxyl groups is 2. The molecular formula is C11H17N3O6. The smallest absolute Gasteiger partial charge is 0.323 e. The summed E-state index contributed by atoms with van der Waals surface area (Å²) >= 11 is 0. The fourth-order valence-electron chi connectivity index (χ4n) is 1.75. The number of rotatable bonds is 5. The van der Waals surface area contributed by atoms with Crippen LogP contribution in [0.4, 0.5) is 4.79 Å². The summed E-state index contributed by atoms with van der Waals surface area (Å²) in [5.41, 5.74) is 0.0633. The molecular weight excluding hydrogens is 270 g/mol. The first-order valence-electron chi connectivity index (χ1n) is 5.78. The van der Waals surface area contributed by atoms with E-state index in [0.29, 0.717) is 6.29 Å². The number of hydrogen-bond acceptors (Lipinski definition) is 7. The van der Waals surface area contributed by atoms with E-state index in [1.165, 1.54) is 14.2 Å². The molecule has 0 aromatic rings. The van der Waals surface area contributed by atoms with Crippen LogP contribution < -0.4 is 5.32 Å². The molecule has 1 heterocycles. The van der Waals surface area contributed by atoms with Crippen LogP contribution in [0.25, 0.3) is 0 Å². The lowest BCUT2D eigenvalue weighted by Gasteiger charge is -2.26. The Bertz CT molecular complexity index is 411. The van der Waals surface area contributed by atoms with Gasteiger partial charge >= 0.3 is 6.03 Å². The van der Waals surface area contributed by atoms with Crippen LogP contribution in [0.2, 0.25) is 0 Å². The second-order valence-corrected chi connectivity index (χ2v) is 3.78. The lowest BCUT2D eigenvalue weighted by Crippen LogP contribution is -2.47. The number of ether oxygens (including phenoxy) is 1. The predicted octanol–water partition coefficient (Wildman–Crippen LogP) is -1.58.